The number of hydrogen-bond donors (Lipinski definition) is 2. The zero-order valence-electron chi connectivity index (χ0n) is 20.4. The van der Waals surface area contributed by atoms with E-state index in [1.807, 2.05) is 24.3 Å². The Balaban J connectivity index is 1.47. The van der Waals surface area contributed by atoms with Crippen molar-refractivity contribution in [1.29, 1.82) is 0 Å². The molecular weight excluding hydrogens is 426 g/mol. The highest BCUT2D eigenvalue weighted by molar-refractivity contribution is 5.95. The summed E-state index contributed by atoms with van der Waals surface area (Å²) in [5, 5.41) is 0. The smallest absolute Gasteiger partial charge is 0.225 e. The third kappa shape index (κ3) is 3.24. The van der Waals surface area contributed by atoms with Crippen LogP contribution in [0.15, 0.2) is 36.4 Å². The van der Waals surface area contributed by atoms with E-state index in [9.17, 15) is 9.59 Å². The topological polar surface area (TPSA) is 98.7 Å². The van der Waals surface area contributed by atoms with Crippen LogP contribution in [0.4, 0.5) is 0 Å². The summed E-state index contributed by atoms with van der Waals surface area (Å²) in [6.07, 6.45) is 12.7. The molecule has 1 spiro atoms. The van der Waals surface area contributed by atoms with E-state index in [1.54, 1.807) is 7.11 Å². The molecule has 184 valence electrons. The standard InChI is InChI=1S/C28H39N3O3/c1-34-21-9-3-2-8-20(21)12-14-28(25(30)33)23-11-10-22(26(23)15-16-26)27(28,24(29)32)13-4-5-17-31-18-6-7-19-31/h2-3,8-11,22-23H,4-7,12-19H2,1H3,(H2,29,32)(H2,30,33)/t22-,23+,27+,28+/m1/s1. The van der Waals surface area contributed by atoms with Gasteiger partial charge >= 0.3 is 0 Å². The van der Waals surface area contributed by atoms with E-state index >= 15 is 0 Å². The molecule has 3 fully saturated rings. The first-order chi connectivity index (χ1) is 16.4. The predicted octanol–water partition coefficient (Wildman–Crippen LogP) is 3.43. The quantitative estimate of drug-likeness (QED) is 0.386. The lowest BCUT2D eigenvalue weighted by Gasteiger charge is -2.48. The van der Waals surface area contributed by atoms with Gasteiger partial charge in [0.2, 0.25) is 11.8 Å². The number of methoxy groups -OCH3 is 1. The van der Waals surface area contributed by atoms with Crippen LogP contribution in [0, 0.1) is 28.1 Å². The molecule has 0 aromatic heterocycles. The molecule has 1 aromatic rings. The Labute approximate surface area is 203 Å². The number of nitrogens with zero attached hydrogens (tertiary/aromatic N) is 1. The average Bonchev–Trinajstić information content (AvgIpc) is 3.20. The second-order valence-corrected chi connectivity index (χ2v) is 11.1. The van der Waals surface area contributed by atoms with Gasteiger partial charge in [0.1, 0.15) is 5.75 Å². The summed E-state index contributed by atoms with van der Waals surface area (Å²) >= 11 is 0. The minimum atomic E-state index is -0.955. The summed E-state index contributed by atoms with van der Waals surface area (Å²) in [7, 11) is 1.66. The van der Waals surface area contributed by atoms with Crippen molar-refractivity contribution in [3.8, 4) is 5.75 Å². The molecule has 0 radical (unpaired) electrons. The number of allylic oxidation sites excluding steroid dienone is 2. The van der Waals surface area contributed by atoms with Crippen LogP contribution < -0.4 is 16.2 Å². The molecule has 2 amide bonds. The molecule has 3 aliphatic carbocycles. The zero-order chi connectivity index (χ0) is 24.0. The van der Waals surface area contributed by atoms with Gasteiger partial charge in [-0.15, -0.1) is 0 Å². The van der Waals surface area contributed by atoms with Crippen LogP contribution >= 0.6 is 0 Å². The predicted molar refractivity (Wildman–Crippen MR) is 132 cm³/mol. The second-order valence-electron chi connectivity index (χ2n) is 11.1. The number of benzene rings is 1. The lowest BCUT2D eigenvalue weighted by atomic mass is 9.53. The number of unbranched alkanes of at least 4 members (excludes halogenated alkanes) is 1. The van der Waals surface area contributed by atoms with E-state index in [4.69, 9.17) is 16.2 Å². The van der Waals surface area contributed by atoms with E-state index in [0.717, 1.165) is 43.5 Å². The van der Waals surface area contributed by atoms with Gasteiger partial charge in [0.25, 0.3) is 0 Å². The van der Waals surface area contributed by atoms with Gasteiger partial charge in [-0.25, -0.2) is 0 Å². The molecule has 1 heterocycles. The van der Waals surface area contributed by atoms with Crippen molar-refractivity contribution in [2.75, 3.05) is 26.7 Å². The van der Waals surface area contributed by atoms with E-state index in [0.29, 0.717) is 19.3 Å². The van der Waals surface area contributed by atoms with Gasteiger partial charge in [0, 0.05) is 0 Å². The highest BCUT2D eigenvalue weighted by atomic mass is 16.5. The fourth-order valence-electron chi connectivity index (χ4n) is 8.17. The molecule has 2 bridgehead atoms. The fraction of sp³-hybridized carbons (Fsp3) is 0.643. The summed E-state index contributed by atoms with van der Waals surface area (Å²) < 4.78 is 5.57. The van der Waals surface area contributed by atoms with Gasteiger partial charge < -0.3 is 21.1 Å². The molecule has 4 atom stereocenters. The van der Waals surface area contributed by atoms with Crippen molar-refractivity contribution >= 4 is 11.8 Å². The summed E-state index contributed by atoms with van der Waals surface area (Å²) in [6, 6.07) is 7.90. The number of carbonyl (C=O) groups excluding carboxylic acids is 2. The maximum absolute atomic E-state index is 13.5. The monoisotopic (exact) mass is 465 g/mol. The number of likely N-dealkylation sites (tertiary alicyclic amines) is 1. The average molecular weight is 466 g/mol. The number of nitrogens with two attached hydrogens (primary N) is 2. The van der Waals surface area contributed by atoms with Crippen molar-refractivity contribution < 1.29 is 14.3 Å². The molecule has 6 nitrogen and oxygen atoms in total. The molecule has 1 aliphatic heterocycles. The van der Waals surface area contributed by atoms with Crippen LogP contribution in [0.1, 0.15) is 56.9 Å². The molecule has 4 aliphatic rings. The Morgan fingerprint density at radius 1 is 0.971 bits per heavy atom. The molecular formula is C28H39N3O3. The molecule has 1 aromatic carbocycles. The van der Waals surface area contributed by atoms with E-state index in [2.05, 4.69) is 17.1 Å². The largest absolute Gasteiger partial charge is 0.496 e. The van der Waals surface area contributed by atoms with Gasteiger partial charge in [-0.05, 0) is 99.9 Å². The van der Waals surface area contributed by atoms with Gasteiger partial charge in [0.15, 0.2) is 0 Å². The number of hydrogen-bond acceptors (Lipinski definition) is 4. The summed E-state index contributed by atoms with van der Waals surface area (Å²) in [6.45, 7) is 3.39. The second kappa shape index (κ2) is 8.71. The Kier molecular flexibility index (Phi) is 5.99. The molecule has 1 saturated heterocycles. The van der Waals surface area contributed by atoms with Crippen molar-refractivity contribution in [1.82, 2.24) is 4.90 Å². The van der Waals surface area contributed by atoms with Gasteiger partial charge in [0.05, 0.1) is 17.9 Å². The first kappa shape index (κ1) is 23.4. The van der Waals surface area contributed by atoms with Gasteiger partial charge in [-0.2, -0.15) is 0 Å². The van der Waals surface area contributed by atoms with Crippen LogP contribution in [0.25, 0.3) is 0 Å². The third-order valence-electron chi connectivity index (χ3n) is 9.77. The SMILES string of the molecule is COc1ccccc1CC[C@@]1(C(N)=O)[C@H]2C=C[C@H](C23CC3)[C@@]1(CCCCN1CCCC1)C(N)=O. The van der Waals surface area contributed by atoms with Crippen LogP contribution in [-0.2, 0) is 16.0 Å². The van der Waals surface area contributed by atoms with Crippen LogP contribution in [-0.4, -0.2) is 43.5 Å². The van der Waals surface area contributed by atoms with Crippen LogP contribution in [0.3, 0.4) is 0 Å². The Bertz CT molecular complexity index is 981. The van der Waals surface area contributed by atoms with Crippen molar-refractivity contribution in [3.05, 3.63) is 42.0 Å². The molecule has 4 N–H and O–H groups in total. The molecule has 6 heteroatoms. The first-order valence-electron chi connectivity index (χ1n) is 13.0. The van der Waals surface area contributed by atoms with Crippen LogP contribution in [0.2, 0.25) is 0 Å². The molecule has 0 unspecified atom stereocenters. The molecule has 2 saturated carbocycles. The highest BCUT2D eigenvalue weighted by Gasteiger charge is 2.81. The van der Waals surface area contributed by atoms with Crippen molar-refractivity contribution in [2.45, 2.75) is 57.8 Å². The van der Waals surface area contributed by atoms with Crippen molar-refractivity contribution in [3.63, 3.8) is 0 Å². The molecule has 5 rings (SSSR count). The maximum atomic E-state index is 13.5. The van der Waals surface area contributed by atoms with Gasteiger partial charge in [-0.1, -0.05) is 36.8 Å². The number of para-hydroxylation sites is 1. The number of primary amides is 2. The summed E-state index contributed by atoms with van der Waals surface area (Å²) in [5.41, 5.74) is 11.7. The van der Waals surface area contributed by atoms with E-state index < -0.39 is 10.8 Å². The van der Waals surface area contributed by atoms with E-state index in [-0.39, 0.29) is 29.1 Å². The Morgan fingerprint density at radius 2 is 1.59 bits per heavy atom. The van der Waals surface area contributed by atoms with Crippen LogP contribution in [0.5, 0.6) is 5.75 Å². The number of aryl methyl sites for hydroxylation is 1. The minimum Gasteiger partial charge on any atom is -0.496 e. The van der Waals surface area contributed by atoms with Crippen molar-refractivity contribution in [2.24, 2.45) is 39.5 Å². The van der Waals surface area contributed by atoms with Gasteiger partial charge in [-0.3, -0.25) is 9.59 Å². The molecule has 34 heavy (non-hydrogen) atoms. The Morgan fingerprint density at radius 3 is 2.18 bits per heavy atom. The summed E-state index contributed by atoms with van der Waals surface area (Å²) in [5.74, 6) is 0.111. The number of rotatable bonds is 11. The zero-order valence-corrected chi connectivity index (χ0v) is 20.4. The minimum absolute atomic E-state index is 0.0108. The van der Waals surface area contributed by atoms with E-state index in [1.165, 1.54) is 25.9 Å². The fourth-order valence-corrected chi connectivity index (χ4v) is 8.17. The lowest BCUT2D eigenvalue weighted by Crippen LogP contribution is -2.59. The first-order valence-corrected chi connectivity index (χ1v) is 13.0. The third-order valence-corrected chi connectivity index (χ3v) is 9.77. The normalized spacial score (nSPS) is 33.0. The highest BCUT2D eigenvalue weighted by Crippen LogP contribution is 2.81. The number of amides is 2. The number of carbonyl (C=O) groups is 2. The Hall–Kier alpha value is -2.34. The number of ether oxygens (including phenoxy) is 1. The maximum Gasteiger partial charge on any atom is 0.225 e. The summed E-state index contributed by atoms with van der Waals surface area (Å²) in [4.78, 5) is 29.5. The lowest BCUT2D eigenvalue weighted by molar-refractivity contribution is -0.152.